The number of hydrazone groups is 1. The van der Waals surface area contributed by atoms with Gasteiger partial charge in [-0.25, -0.2) is 14.8 Å². The first-order valence-corrected chi connectivity index (χ1v) is 9.61. The summed E-state index contributed by atoms with van der Waals surface area (Å²) in [6.07, 6.45) is 1.90. The third-order valence-electron chi connectivity index (χ3n) is 4.64. The van der Waals surface area contributed by atoms with Gasteiger partial charge in [0, 0.05) is 30.1 Å². The fourth-order valence-electron chi connectivity index (χ4n) is 3.02. The van der Waals surface area contributed by atoms with Gasteiger partial charge in [-0.1, -0.05) is 23.7 Å². The summed E-state index contributed by atoms with van der Waals surface area (Å²) in [5.41, 5.74) is 1.98. The molecule has 30 heavy (non-hydrogen) atoms. The number of fused-ring (bicyclic) bond motifs is 1. The Balaban J connectivity index is 1.52. The highest BCUT2D eigenvalue weighted by Gasteiger charge is 2.27. The number of halogens is 1. The first-order valence-electron chi connectivity index (χ1n) is 9.23. The van der Waals surface area contributed by atoms with Crippen LogP contribution in [0.1, 0.15) is 24.1 Å². The Labute approximate surface area is 176 Å². The second kappa shape index (κ2) is 8.08. The number of amides is 1. The van der Waals surface area contributed by atoms with Gasteiger partial charge in [0.15, 0.2) is 0 Å². The maximum atomic E-state index is 12.5. The van der Waals surface area contributed by atoms with Crippen LogP contribution in [0.15, 0.2) is 58.6 Å². The number of carbonyl (C=O) groups excluding carboxylic acids is 2. The molecule has 0 N–H and O–H groups in total. The van der Waals surface area contributed by atoms with Crippen molar-refractivity contribution in [2.75, 3.05) is 5.01 Å². The molecular weight excluding hydrogens is 408 g/mol. The predicted octanol–water partition coefficient (Wildman–Crippen LogP) is 2.88. The normalized spacial score (nSPS) is 14.0. The van der Waals surface area contributed by atoms with E-state index in [1.54, 1.807) is 42.6 Å². The van der Waals surface area contributed by atoms with E-state index in [1.807, 2.05) is 6.92 Å². The van der Waals surface area contributed by atoms with Gasteiger partial charge >= 0.3 is 5.97 Å². The van der Waals surface area contributed by atoms with Crippen molar-refractivity contribution in [2.45, 2.75) is 26.4 Å². The second-order valence-corrected chi connectivity index (χ2v) is 7.18. The lowest BCUT2D eigenvalue weighted by atomic mass is 10.1. The highest BCUT2D eigenvalue weighted by molar-refractivity contribution is 6.38. The van der Waals surface area contributed by atoms with Gasteiger partial charge in [0.1, 0.15) is 18.0 Å². The van der Waals surface area contributed by atoms with Gasteiger partial charge in [0.05, 0.1) is 11.4 Å². The molecule has 0 spiro atoms. The van der Waals surface area contributed by atoms with Crippen molar-refractivity contribution in [3.63, 3.8) is 0 Å². The molecule has 0 radical (unpaired) electrons. The molecule has 0 atom stereocenters. The van der Waals surface area contributed by atoms with E-state index in [1.165, 1.54) is 10.5 Å². The lowest BCUT2D eigenvalue weighted by Crippen LogP contribution is -2.35. The van der Waals surface area contributed by atoms with Crippen molar-refractivity contribution in [3.8, 4) is 0 Å². The smallest absolute Gasteiger partial charge is 0.354 e. The van der Waals surface area contributed by atoms with Gasteiger partial charge in [0.25, 0.3) is 5.56 Å². The summed E-state index contributed by atoms with van der Waals surface area (Å²) in [5, 5.41) is 5.82. The minimum atomic E-state index is -0.666. The Hall–Kier alpha value is -3.52. The van der Waals surface area contributed by atoms with Crippen LogP contribution in [0, 0.1) is 6.92 Å². The average molecular weight is 425 g/mol. The maximum Gasteiger partial charge on any atom is 0.354 e. The van der Waals surface area contributed by atoms with Crippen LogP contribution in [-0.4, -0.2) is 27.0 Å². The number of ether oxygens (including phenoxy) is 1. The number of benzene rings is 1. The Kier molecular flexibility index (Phi) is 5.33. The molecule has 4 rings (SSSR count). The first kappa shape index (κ1) is 19.8. The summed E-state index contributed by atoms with van der Waals surface area (Å²) in [5.74, 6) is -0.906. The molecule has 1 aromatic carbocycles. The summed E-state index contributed by atoms with van der Waals surface area (Å²) in [4.78, 5) is 41.2. The minimum absolute atomic E-state index is 0.115. The maximum absolute atomic E-state index is 12.5. The van der Waals surface area contributed by atoms with Crippen LogP contribution in [0.5, 0.6) is 0 Å². The summed E-state index contributed by atoms with van der Waals surface area (Å²) >= 11 is 6.14. The quantitative estimate of drug-likeness (QED) is 0.600. The summed E-state index contributed by atoms with van der Waals surface area (Å²) in [7, 11) is 0. The third-order valence-corrected chi connectivity index (χ3v) is 5.05. The number of hydrogen-bond donors (Lipinski definition) is 0. The van der Waals surface area contributed by atoms with Gasteiger partial charge in [-0.2, -0.15) is 5.10 Å². The molecule has 0 saturated heterocycles. The van der Waals surface area contributed by atoms with E-state index in [9.17, 15) is 14.4 Å². The third kappa shape index (κ3) is 3.95. The topological polar surface area (TPSA) is 93.3 Å². The number of anilines is 1. The van der Waals surface area contributed by atoms with E-state index in [4.69, 9.17) is 16.3 Å². The van der Waals surface area contributed by atoms with Gasteiger partial charge < -0.3 is 4.74 Å². The van der Waals surface area contributed by atoms with Crippen molar-refractivity contribution in [1.82, 2.24) is 9.38 Å². The average Bonchev–Trinajstić information content (AvgIpc) is 2.74. The van der Waals surface area contributed by atoms with Crippen molar-refractivity contribution in [1.29, 1.82) is 0 Å². The number of rotatable bonds is 4. The molecule has 1 aliphatic heterocycles. The number of esters is 1. The monoisotopic (exact) mass is 424 g/mol. The SMILES string of the molecule is Cc1ccc(N2N=C(C(=O)OCc3cc(=O)n4ccccc4n3)CCC2=O)cc1Cl. The summed E-state index contributed by atoms with van der Waals surface area (Å²) in [6, 6.07) is 11.6. The zero-order valence-corrected chi connectivity index (χ0v) is 16.8. The van der Waals surface area contributed by atoms with Crippen LogP contribution < -0.4 is 10.6 Å². The number of aromatic nitrogens is 2. The highest BCUT2D eigenvalue weighted by Crippen LogP contribution is 2.26. The first-order chi connectivity index (χ1) is 14.4. The Morgan fingerprint density at radius 1 is 1.17 bits per heavy atom. The van der Waals surface area contributed by atoms with E-state index in [-0.39, 0.29) is 36.6 Å². The van der Waals surface area contributed by atoms with Gasteiger partial charge in [-0.3, -0.25) is 14.0 Å². The molecule has 9 heteroatoms. The second-order valence-electron chi connectivity index (χ2n) is 6.78. The van der Waals surface area contributed by atoms with Crippen LogP contribution in [-0.2, 0) is 20.9 Å². The fourth-order valence-corrected chi connectivity index (χ4v) is 3.19. The molecule has 0 saturated carbocycles. The van der Waals surface area contributed by atoms with Crippen molar-refractivity contribution < 1.29 is 14.3 Å². The van der Waals surface area contributed by atoms with E-state index in [0.717, 1.165) is 10.6 Å². The van der Waals surface area contributed by atoms with Crippen LogP contribution in [0.3, 0.4) is 0 Å². The molecule has 0 unspecified atom stereocenters. The van der Waals surface area contributed by atoms with E-state index in [0.29, 0.717) is 22.1 Å². The highest BCUT2D eigenvalue weighted by atomic mass is 35.5. The Morgan fingerprint density at radius 3 is 2.80 bits per heavy atom. The summed E-state index contributed by atoms with van der Waals surface area (Å²) < 4.78 is 6.68. The van der Waals surface area contributed by atoms with Crippen LogP contribution >= 0.6 is 11.6 Å². The molecule has 0 fully saturated rings. The Bertz CT molecular complexity index is 1250. The Morgan fingerprint density at radius 2 is 2.00 bits per heavy atom. The van der Waals surface area contributed by atoms with Crippen LogP contribution in [0.4, 0.5) is 5.69 Å². The fraction of sp³-hybridized carbons (Fsp3) is 0.190. The number of pyridine rings is 1. The predicted molar refractivity (Wildman–Crippen MR) is 112 cm³/mol. The van der Waals surface area contributed by atoms with E-state index >= 15 is 0 Å². The van der Waals surface area contributed by atoms with Crippen LogP contribution in [0.2, 0.25) is 5.02 Å². The van der Waals surface area contributed by atoms with Gasteiger partial charge in [-0.05, 0) is 36.8 Å². The van der Waals surface area contributed by atoms with Crippen molar-refractivity contribution in [3.05, 3.63) is 75.3 Å². The zero-order chi connectivity index (χ0) is 21.3. The molecule has 8 nitrogen and oxygen atoms in total. The molecule has 0 aliphatic carbocycles. The number of nitrogens with zero attached hydrogens (tertiary/aromatic N) is 4. The number of aryl methyl sites for hydroxylation is 1. The molecule has 2 aromatic heterocycles. The molecule has 152 valence electrons. The lowest BCUT2D eigenvalue weighted by Gasteiger charge is -2.23. The molecular formula is C21H17ClN4O4. The molecule has 1 aliphatic rings. The van der Waals surface area contributed by atoms with Crippen molar-refractivity contribution >= 4 is 40.5 Å². The zero-order valence-electron chi connectivity index (χ0n) is 16.0. The van der Waals surface area contributed by atoms with E-state index in [2.05, 4.69) is 10.1 Å². The minimum Gasteiger partial charge on any atom is -0.455 e. The molecule has 3 heterocycles. The van der Waals surface area contributed by atoms with Gasteiger partial charge in [-0.15, -0.1) is 0 Å². The number of carbonyl (C=O) groups is 2. The number of hydrogen-bond acceptors (Lipinski definition) is 6. The standard InChI is InChI=1S/C21H17ClN4O4/c1-13-5-6-15(11-16(13)22)26-19(27)8-7-17(24-26)21(29)30-12-14-10-20(28)25-9-3-2-4-18(25)23-14/h2-6,9-11H,7-8,12H2,1H3. The molecule has 0 bridgehead atoms. The molecule has 1 amide bonds. The van der Waals surface area contributed by atoms with Gasteiger partial charge in [0.2, 0.25) is 5.91 Å². The van der Waals surface area contributed by atoms with E-state index < -0.39 is 5.97 Å². The summed E-state index contributed by atoms with van der Waals surface area (Å²) in [6.45, 7) is 1.67. The lowest BCUT2D eigenvalue weighted by molar-refractivity contribution is -0.137. The largest absolute Gasteiger partial charge is 0.455 e. The van der Waals surface area contributed by atoms with Crippen molar-refractivity contribution in [2.24, 2.45) is 5.10 Å². The molecule has 3 aromatic rings. The van der Waals surface area contributed by atoms with Crippen LogP contribution in [0.25, 0.3) is 5.65 Å².